The van der Waals surface area contributed by atoms with E-state index >= 15 is 0 Å². The first-order chi connectivity index (χ1) is 9.28. The van der Waals surface area contributed by atoms with Gasteiger partial charge in [-0.1, -0.05) is 23.7 Å². The highest BCUT2D eigenvalue weighted by molar-refractivity contribution is 7.16. The second-order valence-corrected chi connectivity index (χ2v) is 6.32. The minimum absolute atomic E-state index is 0.430. The first-order valence-electron chi connectivity index (χ1n) is 6.02. The summed E-state index contributed by atoms with van der Waals surface area (Å²) < 4.78 is 3.03. The molecule has 0 aliphatic carbocycles. The van der Waals surface area contributed by atoms with Crippen molar-refractivity contribution < 1.29 is 0 Å². The maximum Gasteiger partial charge on any atom is 0.124 e. The number of hydrogen-bond donors (Lipinski definition) is 0. The molecular weight excluding hydrogens is 299 g/mol. The fraction of sp³-hybridized carbons (Fsp3) is 0.214. The van der Waals surface area contributed by atoms with Crippen LogP contribution < -0.4 is 0 Å². The third kappa shape index (κ3) is 2.64. The molecule has 0 saturated heterocycles. The van der Waals surface area contributed by atoms with Crippen molar-refractivity contribution in [2.75, 3.05) is 0 Å². The van der Waals surface area contributed by atoms with E-state index in [1.54, 1.807) is 11.3 Å². The molecule has 0 aliphatic rings. The zero-order chi connectivity index (χ0) is 13.2. The summed E-state index contributed by atoms with van der Waals surface area (Å²) in [5.41, 5.74) is 2.14. The second-order valence-electron chi connectivity index (χ2n) is 4.26. The van der Waals surface area contributed by atoms with Gasteiger partial charge < -0.3 is 4.57 Å². The zero-order valence-electron chi connectivity index (χ0n) is 10.1. The Labute approximate surface area is 125 Å². The first-order valence-corrected chi connectivity index (χ1v) is 7.75. The second kappa shape index (κ2) is 5.53. The molecule has 0 fully saturated rings. The lowest BCUT2D eigenvalue weighted by Crippen LogP contribution is -2.04. The van der Waals surface area contributed by atoms with Gasteiger partial charge >= 0.3 is 0 Å². The largest absolute Gasteiger partial charge is 0.327 e. The van der Waals surface area contributed by atoms with Gasteiger partial charge in [-0.25, -0.2) is 4.98 Å². The molecule has 2 aromatic heterocycles. The molecule has 0 N–H and O–H groups in total. The Balaban J connectivity index is 1.90. The third-order valence-electron chi connectivity index (χ3n) is 3.06. The molecule has 5 heteroatoms. The van der Waals surface area contributed by atoms with Gasteiger partial charge in [0, 0.05) is 11.4 Å². The number of thiophene rings is 1. The van der Waals surface area contributed by atoms with Crippen molar-refractivity contribution >= 4 is 45.6 Å². The van der Waals surface area contributed by atoms with E-state index in [-0.39, 0.29) is 0 Å². The van der Waals surface area contributed by atoms with Crippen molar-refractivity contribution in [2.45, 2.75) is 18.8 Å². The molecule has 0 atom stereocenters. The van der Waals surface area contributed by atoms with Gasteiger partial charge in [0.25, 0.3) is 0 Å². The van der Waals surface area contributed by atoms with Gasteiger partial charge in [-0.3, -0.25) is 0 Å². The number of imidazole rings is 1. The molecule has 1 aromatic carbocycles. The highest BCUT2D eigenvalue weighted by Crippen LogP contribution is 2.23. The summed E-state index contributed by atoms with van der Waals surface area (Å²) in [4.78, 5) is 5.84. The number of benzene rings is 1. The van der Waals surface area contributed by atoms with Crippen LogP contribution in [0, 0.1) is 0 Å². The third-order valence-corrected chi connectivity index (χ3v) is 4.59. The zero-order valence-corrected chi connectivity index (χ0v) is 12.5. The predicted molar refractivity (Wildman–Crippen MR) is 82.3 cm³/mol. The molecule has 2 nitrogen and oxygen atoms in total. The molecule has 0 radical (unpaired) electrons. The van der Waals surface area contributed by atoms with Crippen molar-refractivity contribution in [3.05, 3.63) is 51.4 Å². The number of aryl methyl sites for hydroxylation is 2. The molecule has 3 aromatic rings. The summed E-state index contributed by atoms with van der Waals surface area (Å²) in [7, 11) is 0. The smallest absolute Gasteiger partial charge is 0.124 e. The maximum absolute atomic E-state index is 5.99. The molecule has 0 amide bonds. The van der Waals surface area contributed by atoms with E-state index < -0.39 is 0 Å². The minimum Gasteiger partial charge on any atom is -0.327 e. The summed E-state index contributed by atoms with van der Waals surface area (Å²) in [5, 5.41) is 0. The topological polar surface area (TPSA) is 17.8 Å². The lowest BCUT2D eigenvalue weighted by molar-refractivity contribution is 0.693. The summed E-state index contributed by atoms with van der Waals surface area (Å²) in [5.74, 6) is 1.35. The highest BCUT2D eigenvalue weighted by atomic mass is 35.5. The number of alkyl halides is 1. The van der Waals surface area contributed by atoms with Crippen LogP contribution in [0.4, 0.5) is 0 Å². The molecule has 98 valence electrons. The van der Waals surface area contributed by atoms with Gasteiger partial charge in [0.15, 0.2) is 0 Å². The van der Waals surface area contributed by atoms with Crippen molar-refractivity contribution in [3.8, 4) is 0 Å². The standard InChI is InChI=1S/C14H12Cl2N2S/c15-9-14-17-11-3-1-2-4-12(11)18(14)8-7-10-5-6-13(16)19-10/h1-6H,7-9H2. The fourth-order valence-corrected chi connectivity index (χ4v) is 3.47. The van der Waals surface area contributed by atoms with Gasteiger partial charge in [-0.05, 0) is 30.7 Å². The van der Waals surface area contributed by atoms with Gasteiger partial charge in [0.1, 0.15) is 5.82 Å². The van der Waals surface area contributed by atoms with E-state index in [1.165, 1.54) is 4.88 Å². The van der Waals surface area contributed by atoms with E-state index in [9.17, 15) is 0 Å². The van der Waals surface area contributed by atoms with Crippen LogP contribution >= 0.6 is 34.5 Å². The Hall–Kier alpha value is -1.03. The monoisotopic (exact) mass is 310 g/mol. The molecule has 0 unspecified atom stereocenters. The van der Waals surface area contributed by atoms with Crippen molar-refractivity contribution in [1.82, 2.24) is 9.55 Å². The molecule has 0 bridgehead atoms. The van der Waals surface area contributed by atoms with E-state index in [4.69, 9.17) is 23.2 Å². The number of rotatable bonds is 4. The van der Waals surface area contributed by atoms with E-state index in [2.05, 4.69) is 21.7 Å². The van der Waals surface area contributed by atoms with Crippen LogP contribution in [0.25, 0.3) is 11.0 Å². The van der Waals surface area contributed by atoms with E-state index in [0.29, 0.717) is 5.88 Å². The summed E-state index contributed by atoms with van der Waals surface area (Å²) in [6, 6.07) is 12.1. The van der Waals surface area contributed by atoms with Crippen molar-refractivity contribution in [2.24, 2.45) is 0 Å². The number of hydrogen-bond acceptors (Lipinski definition) is 2. The van der Waals surface area contributed by atoms with Gasteiger partial charge in [-0.15, -0.1) is 22.9 Å². The predicted octanol–water partition coefficient (Wildman–Crippen LogP) is 4.73. The minimum atomic E-state index is 0.430. The average molecular weight is 311 g/mol. The molecule has 19 heavy (non-hydrogen) atoms. The molecular formula is C14H12Cl2N2S. The Morgan fingerprint density at radius 3 is 2.74 bits per heavy atom. The van der Waals surface area contributed by atoms with Crippen LogP contribution in [0.3, 0.4) is 0 Å². The Morgan fingerprint density at radius 2 is 2.00 bits per heavy atom. The van der Waals surface area contributed by atoms with Gasteiger partial charge in [0.2, 0.25) is 0 Å². The summed E-state index contributed by atoms with van der Waals surface area (Å²) in [6.07, 6.45) is 0.946. The fourth-order valence-electron chi connectivity index (χ4n) is 2.19. The van der Waals surface area contributed by atoms with E-state index in [0.717, 1.165) is 34.2 Å². The van der Waals surface area contributed by atoms with Crippen LogP contribution in [-0.2, 0) is 18.8 Å². The first kappa shape index (κ1) is 13.0. The SMILES string of the molecule is ClCc1nc2ccccc2n1CCc1ccc(Cl)s1. The normalized spacial score (nSPS) is 11.3. The number of para-hydroxylation sites is 2. The van der Waals surface area contributed by atoms with Crippen LogP contribution in [0.5, 0.6) is 0 Å². The Bertz CT molecular complexity index is 702. The molecule has 0 aliphatic heterocycles. The maximum atomic E-state index is 5.99. The molecule has 0 spiro atoms. The highest BCUT2D eigenvalue weighted by Gasteiger charge is 2.09. The van der Waals surface area contributed by atoms with Crippen LogP contribution in [0.2, 0.25) is 4.34 Å². The number of fused-ring (bicyclic) bond motifs is 1. The van der Waals surface area contributed by atoms with Crippen molar-refractivity contribution in [1.29, 1.82) is 0 Å². The average Bonchev–Trinajstić information content (AvgIpc) is 2.99. The molecule has 2 heterocycles. The van der Waals surface area contributed by atoms with Crippen molar-refractivity contribution in [3.63, 3.8) is 0 Å². The van der Waals surface area contributed by atoms with Gasteiger partial charge in [-0.2, -0.15) is 0 Å². The molecule has 3 rings (SSSR count). The van der Waals surface area contributed by atoms with Crippen LogP contribution in [-0.4, -0.2) is 9.55 Å². The molecule has 0 saturated carbocycles. The van der Waals surface area contributed by atoms with Gasteiger partial charge in [0.05, 0.1) is 21.2 Å². The lowest BCUT2D eigenvalue weighted by atomic mass is 10.3. The quantitative estimate of drug-likeness (QED) is 0.637. The lowest BCUT2D eigenvalue weighted by Gasteiger charge is -2.06. The van der Waals surface area contributed by atoms with Crippen LogP contribution in [0.1, 0.15) is 10.7 Å². The number of halogens is 2. The summed E-state index contributed by atoms with van der Waals surface area (Å²) in [6.45, 7) is 0.874. The Morgan fingerprint density at radius 1 is 1.16 bits per heavy atom. The van der Waals surface area contributed by atoms with E-state index in [1.807, 2.05) is 24.3 Å². The summed E-state index contributed by atoms with van der Waals surface area (Å²) >= 11 is 13.6. The number of nitrogens with zero attached hydrogens (tertiary/aromatic N) is 2. The Kier molecular flexibility index (Phi) is 3.78. The van der Waals surface area contributed by atoms with Crippen LogP contribution in [0.15, 0.2) is 36.4 Å². The number of aromatic nitrogens is 2.